The highest BCUT2D eigenvalue weighted by atomic mass is 32.2. The number of carbonyl (C=O) groups excluding carboxylic acids is 1. The molecule has 1 aliphatic rings. The molecule has 4 rings (SSSR count). The van der Waals surface area contributed by atoms with E-state index < -0.39 is 46.3 Å². The van der Waals surface area contributed by atoms with E-state index in [2.05, 4.69) is 10.1 Å². The third-order valence-electron chi connectivity index (χ3n) is 6.17. The number of alkyl halides is 5. The van der Waals surface area contributed by atoms with E-state index in [9.17, 15) is 40.0 Å². The van der Waals surface area contributed by atoms with Crippen LogP contribution in [-0.4, -0.2) is 53.3 Å². The second-order valence-corrected chi connectivity index (χ2v) is 11.4. The van der Waals surface area contributed by atoms with Crippen LogP contribution in [0.3, 0.4) is 0 Å². The van der Waals surface area contributed by atoms with E-state index in [0.29, 0.717) is 4.57 Å². The number of sulfone groups is 1. The summed E-state index contributed by atoms with van der Waals surface area (Å²) in [5, 5.41) is 2.75. The molecule has 1 fully saturated rings. The summed E-state index contributed by atoms with van der Waals surface area (Å²) in [6.07, 6.45) is -4.42. The van der Waals surface area contributed by atoms with E-state index in [-0.39, 0.29) is 52.4 Å². The number of hydrogen-bond acceptors (Lipinski definition) is 5. The summed E-state index contributed by atoms with van der Waals surface area (Å²) in [6.45, 7) is -3.11. The molecule has 200 valence electrons. The lowest BCUT2D eigenvalue weighted by molar-refractivity contribution is -0.140. The molecule has 1 amide bonds. The van der Waals surface area contributed by atoms with E-state index in [0.717, 1.165) is 16.7 Å². The van der Waals surface area contributed by atoms with E-state index >= 15 is 0 Å². The summed E-state index contributed by atoms with van der Waals surface area (Å²) in [5.41, 5.74) is -2.17. The zero-order chi connectivity index (χ0) is 27.2. The summed E-state index contributed by atoms with van der Waals surface area (Å²) < 4.78 is 94.5. The average molecular weight is 548 g/mol. The molecule has 0 atom stereocenters. The van der Waals surface area contributed by atoms with Gasteiger partial charge in [0, 0.05) is 17.2 Å². The zero-order valence-corrected chi connectivity index (χ0v) is 20.2. The van der Waals surface area contributed by atoms with Crippen LogP contribution in [0.4, 0.5) is 22.0 Å². The lowest BCUT2D eigenvalue weighted by atomic mass is 9.94. The van der Waals surface area contributed by atoms with Crippen LogP contribution in [0.25, 0.3) is 16.7 Å². The fourth-order valence-electron chi connectivity index (χ4n) is 4.24. The van der Waals surface area contributed by atoms with Crippen molar-refractivity contribution in [1.29, 1.82) is 0 Å². The topological polar surface area (TPSA) is 99.4 Å². The predicted octanol–water partition coefficient (Wildman–Crippen LogP) is 3.65. The standard InChI is InChI=1S/C23H22F5N3O5S/c1-22(7-9-37(34,35)10-8-22)29-19(32)14-5-6-17-18(11-14)30(13-23(26,27)28)21(33)31(17)15-3-2-4-16(12-15)36-20(24)25/h2-6,11-12,20H,7-10,13H2,1H3,(H,29,32). The van der Waals surface area contributed by atoms with Gasteiger partial charge in [-0.2, -0.15) is 22.0 Å². The third-order valence-corrected chi connectivity index (χ3v) is 7.83. The number of aromatic nitrogens is 2. The van der Waals surface area contributed by atoms with E-state index in [1.807, 2.05) is 0 Å². The Hall–Kier alpha value is -3.42. The summed E-state index contributed by atoms with van der Waals surface area (Å²) in [4.78, 5) is 26.1. The second-order valence-electron chi connectivity index (χ2n) is 9.07. The Kier molecular flexibility index (Phi) is 6.82. The second kappa shape index (κ2) is 9.47. The molecular formula is C23H22F5N3O5S. The monoisotopic (exact) mass is 547 g/mol. The van der Waals surface area contributed by atoms with Gasteiger partial charge < -0.3 is 10.1 Å². The summed E-state index contributed by atoms with van der Waals surface area (Å²) in [7, 11) is -3.19. The number of halogens is 5. The Morgan fingerprint density at radius 3 is 2.41 bits per heavy atom. The van der Waals surface area contributed by atoms with Gasteiger partial charge >= 0.3 is 18.5 Å². The zero-order valence-electron chi connectivity index (χ0n) is 19.4. The first-order chi connectivity index (χ1) is 17.2. The maximum absolute atomic E-state index is 13.3. The van der Waals surface area contributed by atoms with Crippen molar-refractivity contribution in [3.05, 3.63) is 58.5 Å². The molecule has 0 spiro atoms. The van der Waals surface area contributed by atoms with Crippen LogP contribution in [0.15, 0.2) is 47.3 Å². The average Bonchev–Trinajstić information content (AvgIpc) is 3.05. The van der Waals surface area contributed by atoms with Crippen molar-refractivity contribution in [2.75, 3.05) is 11.5 Å². The van der Waals surface area contributed by atoms with Crippen molar-refractivity contribution in [3.8, 4) is 11.4 Å². The van der Waals surface area contributed by atoms with Gasteiger partial charge in [-0.25, -0.2) is 13.2 Å². The van der Waals surface area contributed by atoms with Crippen molar-refractivity contribution in [1.82, 2.24) is 14.5 Å². The maximum Gasteiger partial charge on any atom is 0.406 e. The molecule has 0 saturated carbocycles. The van der Waals surface area contributed by atoms with Crippen LogP contribution in [0.1, 0.15) is 30.1 Å². The fourth-order valence-corrected chi connectivity index (χ4v) is 5.96. The fraction of sp³-hybridized carbons (Fsp3) is 0.391. The number of benzene rings is 2. The van der Waals surface area contributed by atoms with Crippen LogP contribution in [0.2, 0.25) is 0 Å². The molecule has 37 heavy (non-hydrogen) atoms. The molecule has 1 saturated heterocycles. The summed E-state index contributed by atoms with van der Waals surface area (Å²) in [5.74, 6) is -1.15. The molecule has 8 nitrogen and oxygen atoms in total. The van der Waals surface area contributed by atoms with Crippen LogP contribution in [-0.2, 0) is 16.4 Å². The number of fused-ring (bicyclic) bond motifs is 1. The van der Waals surface area contributed by atoms with Crippen molar-refractivity contribution in [2.45, 2.75) is 44.6 Å². The maximum atomic E-state index is 13.3. The van der Waals surface area contributed by atoms with Gasteiger partial charge in [-0.1, -0.05) is 6.07 Å². The minimum atomic E-state index is -4.77. The highest BCUT2D eigenvalue weighted by Gasteiger charge is 2.35. The van der Waals surface area contributed by atoms with Crippen LogP contribution in [0.5, 0.6) is 5.75 Å². The van der Waals surface area contributed by atoms with Crippen LogP contribution < -0.4 is 15.7 Å². The van der Waals surface area contributed by atoms with Gasteiger partial charge in [-0.3, -0.25) is 13.9 Å². The highest BCUT2D eigenvalue weighted by Crippen LogP contribution is 2.27. The van der Waals surface area contributed by atoms with Crippen molar-refractivity contribution in [3.63, 3.8) is 0 Å². The molecule has 0 radical (unpaired) electrons. The Balaban J connectivity index is 1.77. The largest absolute Gasteiger partial charge is 0.435 e. The molecule has 3 aromatic rings. The lowest BCUT2D eigenvalue weighted by Gasteiger charge is -2.34. The molecular weight excluding hydrogens is 525 g/mol. The Morgan fingerprint density at radius 2 is 1.78 bits per heavy atom. The molecule has 2 heterocycles. The van der Waals surface area contributed by atoms with Gasteiger partial charge in [0.2, 0.25) is 0 Å². The summed E-state index contributed by atoms with van der Waals surface area (Å²) in [6, 6.07) is 8.67. The number of carbonyl (C=O) groups is 1. The number of nitrogens with zero attached hydrogens (tertiary/aromatic N) is 2. The lowest BCUT2D eigenvalue weighted by Crippen LogP contribution is -2.50. The highest BCUT2D eigenvalue weighted by molar-refractivity contribution is 7.91. The van der Waals surface area contributed by atoms with Crippen LogP contribution in [0, 0.1) is 0 Å². The summed E-state index contributed by atoms with van der Waals surface area (Å²) >= 11 is 0. The van der Waals surface area contributed by atoms with Crippen molar-refractivity contribution < 1.29 is 39.9 Å². The van der Waals surface area contributed by atoms with E-state index in [1.54, 1.807) is 6.92 Å². The molecule has 2 aromatic carbocycles. The van der Waals surface area contributed by atoms with Crippen LogP contribution >= 0.6 is 0 Å². The molecule has 14 heteroatoms. The van der Waals surface area contributed by atoms with Crippen molar-refractivity contribution >= 4 is 26.8 Å². The van der Waals surface area contributed by atoms with Gasteiger partial charge in [0.25, 0.3) is 5.91 Å². The van der Waals surface area contributed by atoms with Crippen molar-refractivity contribution in [2.24, 2.45) is 0 Å². The van der Waals surface area contributed by atoms with E-state index in [1.165, 1.54) is 30.3 Å². The smallest absolute Gasteiger partial charge is 0.406 e. The molecule has 1 aromatic heterocycles. The number of hydrogen-bond donors (Lipinski definition) is 1. The quantitative estimate of drug-likeness (QED) is 0.475. The minimum Gasteiger partial charge on any atom is -0.435 e. The van der Waals surface area contributed by atoms with Gasteiger partial charge in [-0.15, -0.1) is 0 Å². The van der Waals surface area contributed by atoms with Gasteiger partial charge in [0.1, 0.15) is 22.1 Å². The normalized spacial score (nSPS) is 17.2. The number of rotatable bonds is 6. The minimum absolute atomic E-state index is 0.00923. The molecule has 1 N–H and O–H groups in total. The Morgan fingerprint density at radius 1 is 1.11 bits per heavy atom. The molecule has 0 unspecified atom stereocenters. The molecule has 0 bridgehead atoms. The van der Waals surface area contributed by atoms with Gasteiger partial charge in [-0.05, 0) is 50.1 Å². The first-order valence-corrected chi connectivity index (χ1v) is 12.9. The third kappa shape index (κ3) is 5.95. The number of nitrogens with one attached hydrogen (secondary N) is 1. The SMILES string of the molecule is CC1(NC(=O)c2ccc3c(c2)n(CC(F)(F)F)c(=O)n3-c2cccc(OC(F)F)c2)CCS(=O)(=O)CC1. The predicted molar refractivity (Wildman–Crippen MR) is 124 cm³/mol. The van der Waals surface area contributed by atoms with E-state index in [4.69, 9.17) is 0 Å². The number of ether oxygens (including phenoxy) is 1. The molecule has 1 aliphatic heterocycles. The molecule has 0 aliphatic carbocycles. The number of imidazole rings is 1. The van der Waals surface area contributed by atoms with Gasteiger partial charge in [0.05, 0.1) is 28.2 Å². The van der Waals surface area contributed by atoms with Gasteiger partial charge in [0.15, 0.2) is 0 Å². The Labute approximate surface area is 207 Å². The number of amides is 1. The Bertz CT molecular complexity index is 1500. The first kappa shape index (κ1) is 26.6. The first-order valence-electron chi connectivity index (χ1n) is 11.1.